The lowest BCUT2D eigenvalue weighted by atomic mass is 9.98. The van der Waals surface area contributed by atoms with Crippen LogP contribution in [0.5, 0.6) is 0 Å². The van der Waals surface area contributed by atoms with E-state index in [1.807, 2.05) is 52.8 Å². The van der Waals surface area contributed by atoms with Crippen molar-refractivity contribution in [2.45, 2.75) is 84.7 Å². The number of carbonyl (C=O) groups excluding carboxylic acids is 3. The lowest BCUT2D eigenvalue weighted by molar-refractivity contribution is -0.144. The fourth-order valence-corrected chi connectivity index (χ4v) is 3.47. The highest BCUT2D eigenvalue weighted by Crippen LogP contribution is 2.27. The molecule has 33 heavy (non-hydrogen) atoms. The van der Waals surface area contributed by atoms with Crippen LogP contribution in [0.1, 0.15) is 72.6 Å². The first-order chi connectivity index (χ1) is 15.1. The molecule has 0 radical (unpaired) electrons. The third kappa shape index (κ3) is 9.12. The van der Waals surface area contributed by atoms with E-state index in [1.165, 1.54) is 4.90 Å². The maximum Gasteiger partial charge on any atom is 0.408 e. The van der Waals surface area contributed by atoms with Crippen molar-refractivity contribution in [3.63, 3.8) is 0 Å². The van der Waals surface area contributed by atoms with Crippen LogP contribution in [0.25, 0.3) is 6.08 Å². The van der Waals surface area contributed by atoms with E-state index in [0.29, 0.717) is 5.56 Å². The Morgan fingerprint density at radius 2 is 1.76 bits per heavy atom. The van der Waals surface area contributed by atoms with E-state index >= 15 is 0 Å². The first-order valence-electron chi connectivity index (χ1n) is 11.1. The molecule has 8 heteroatoms. The van der Waals surface area contributed by atoms with Crippen LogP contribution in [0.2, 0.25) is 0 Å². The summed E-state index contributed by atoms with van der Waals surface area (Å²) in [4.78, 5) is 41.0. The Bertz CT molecular complexity index is 856. The van der Waals surface area contributed by atoms with Gasteiger partial charge in [-0.15, -0.1) is 0 Å². The summed E-state index contributed by atoms with van der Waals surface area (Å²) in [5, 5.41) is 5.58. The summed E-state index contributed by atoms with van der Waals surface area (Å²) in [5.74, 6) is -0.702. The molecule has 0 bridgehead atoms. The molecule has 7 nitrogen and oxygen atoms in total. The van der Waals surface area contributed by atoms with Gasteiger partial charge in [0.1, 0.15) is 17.7 Å². The van der Waals surface area contributed by atoms with Crippen LogP contribution >= 0.6 is 12.6 Å². The smallest absolute Gasteiger partial charge is 0.408 e. The highest BCUT2D eigenvalue weighted by atomic mass is 32.1. The molecule has 2 N–H and O–H groups in total. The third-order valence-electron chi connectivity index (χ3n) is 4.47. The van der Waals surface area contributed by atoms with Crippen LogP contribution in [0.4, 0.5) is 4.79 Å². The Labute approximate surface area is 203 Å². The zero-order valence-electron chi connectivity index (χ0n) is 21.1. The van der Waals surface area contributed by atoms with E-state index in [4.69, 9.17) is 4.74 Å². The minimum atomic E-state index is -0.974. The maximum atomic E-state index is 13.7. The lowest BCUT2D eigenvalue weighted by Crippen LogP contribution is -2.57. The number of carbonyl (C=O) groups is 3. The number of rotatable bonds is 8. The molecule has 2 unspecified atom stereocenters. The second-order valence-electron chi connectivity index (χ2n) is 10.2. The molecule has 0 aliphatic rings. The predicted molar refractivity (Wildman–Crippen MR) is 136 cm³/mol. The van der Waals surface area contributed by atoms with Crippen molar-refractivity contribution in [2.75, 3.05) is 5.75 Å². The number of thiol groups is 1. The Hall–Kier alpha value is -2.48. The summed E-state index contributed by atoms with van der Waals surface area (Å²) < 4.78 is 5.30. The quantitative estimate of drug-likeness (QED) is 0.486. The molecule has 1 rings (SSSR count). The molecular formula is C25H39N3O4S. The topological polar surface area (TPSA) is 87.7 Å². The molecule has 0 saturated heterocycles. The molecule has 0 aliphatic carbocycles. The van der Waals surface area contributed by atoms with Crippen LogP contribution in [0, 0.1) is 0 Å². The van der Waals surface area contributed by atoms with Gasteiger partial charge in [-0.1, -0.05) is 30.9 Å². The first kappa shape index (κ1) is 28.6. The van der Waals surface area contributed by atoms with Gasteiger partial charge in [0.15, 0.2) is 0 Å². The number of nitrogens with one attached hydrogen (secondary N) is 2. The highest BCUT2D eigenvalue weighted by Gasteiger charge is 2.38. The van der Waals surface area contributed by atoms with Crippen LogP contribution in [0.3, 0.4) is 0 Å². The molecule has 3 amide bonds. The van der Waals surface area contributed by atoms with E-state index < -0.39 is 35.2 Å². The lowest BCUT2D eigenvalue weighted by Gasteiger charge is -2.38. The van der Waals surface area contributed by atoms with Crippen LogP contribution < -0.4 is 10.6 Å². The van der Waals surface area contributed by atoms with Crippen molar-refractivity contribution in [1.29, 1.82) is 0 Å². The first-order valence-corrected chi connectivity index (χ1v) is 11.7. The Morgan fingerprint density at radius 1 is 1.15 bits per heavy atom. The van der Waals surface area contributed by atoms with Crippen LogP contribution in [0.15, 0.2) is 30.8 Å². The second-order valence-corrected chi connectivity index (χ2v) is 10.6. The molecule has 0 fully saturated rings. The molecule has 0 aromatic heterocycles. The van der Waals surface area contributed by atoms with E-state index in [9.17, 15) is 14.4 Å². The fourth-order valence-electron chi connectivity index (χ4n) is 3.23. The number of alkyl carbamates (subject to hydrolysis) is 1. The minimum absolute atomic E-state index is 0.0433. The molecule has 0 heterocycles. The zero-order chi connectivity index (χ0) is 25.6. The molecule has 1 aromatic rings. The summed E-state index contributed by atoms with van der Waals surface area (Å²) in [5.41, 5.74) is 0.252. The van der Waals surface area contributed by atoms with Crippen molar-refractivity contribution in [3.05, 3.63) is 42.0 Å². The van der Waals surface area contributed by atoms with Gasteiger partial charge in [-0.2, -0.15) is 12.6 Å². The predicted octanol–water partition coefficient (Wildman–Crippen LogP) is 4.35. The summed E-state index contributed by atoms with van der Waals surface area (Å²) in [6.07, 6.45) is 0.965. The largest absolute Gasteiger partial charge is 0.444 e. The van der Waals surface area contributed by atoms with Gasteiger partial charge in [-0.05, 0) is 72.6 Å². The fraction of sp³-hybridized carbons (Fsp3) is 0.560. The van der Waals surface area contributed by atoms with Crippen molar-refractivity contribution in [2.24, 2.45) is 0 Å². The molecule has 0 saturated carbocycles. The normalized spacial score (nSPS) is 13.6. The van der Waals surface area contributed by atoms with E-state index in [1.54, 1.807) is 32.9 Å². The van der Waals surface area contributed by atoms with E-state index in [-0.39, 0.29) is 17.7 Å². The molecule has 184 valence electrons. The summed E-state index contributed by atoms with van der Waals surface area (Å²) >= 11 is 4.28. The van der Waals surface area contributed by atoms with Gasteiger partial charge in [-0.3, -0.25) is 9.59 Å². The molecular weight excluding hydrogens is 438 g/mol. The Kier molecular flexibility index (Phi) is 10.0. The van der Waals surface area contributed by atoms with Crippen molar-refractivity contribution in [3.8, 4) is 0 Å². The standard InChI is InChI=1S/C25H39N3O4S/c1-10-17-12-11-13-18(14-17)20(21(29)27-24(4,5)6)28(16(2)3)22(30)19(15-33)26-23(31)32-25(7,8)9/h10-14,16,19-20,33H,1,15H2,2-9H3,(H,26,31)(H,27,29). The van der Waals surface area contributed by atoms with E-state index in [2.05, 4.69) is 29.8 Å². The Morgan fingerprint density at radius 3 is 2.21 bits per heavy atom. The average Bonchev–Trinajstić information content (AvgIpc) is 2.66. The highest BCUT2D eigenvalue weighted by molar-refractivity contribution is 7.80. The molecule has 0 spiro atoms. The average molecular weight is 478 g/mol. The van der Waals surface area contributed by atoms with Crippen LogP contribution in [-0.4, -0.2) is 51.8 Å². The third-order valence-corrected chi connectivity index (χ3v) is 4.83. The number of nitrogens with zero attached hydrogens (tertiary/aromatic N) is 1. The van der Waals surface area contributed by atoms with Crippen molar-refractivity contribution in [1.82, 2.24) is 15.5 Å². The van der Waals surface area contributed by atoms with Gasteiger partial charge < -0.3 is 20.3 Å². The number of hydrogen-bond acceptors (Lipinski definition) is 5. The SMILES string of the molecule is C=Cc1cccc(C(C(=O)NC(C)(C)C)N(C(=O)C(CS)NC(=O)OC(C)(C)C)C(C)C)c1. The summed E-state index contributed by atoms with van der Waals surface area (Å²) in [6, 6.07) is 5.10. The Balaban J connectivity index is 3.44. The van der Waals surface area contributed by atoms with Crippen molar-refractivity contribution < 1.29 is 19.1 Å². The van der Waals surface area contributed by atoms with Gasteiger partial charge >= 0.3 is 6.09 Å². The number of hydrogen-bond donors (Lipinski definition) is 3. The van der Waals surface area contributed by atoms with Gasteiger partial charge in [0.05, 0.1) is 0 Å². The molecule has 1 aromatic carbocycles. The van der Waals surface area contributed by atoms with Gasteiger partial charge in [0.25, 0.3) is 0 Å². The molecule has 2 atom stereocenters. The van der Waals surface area contributed by atoms with E-state index in [0.717, 1.165) is 5.56 Å². The number of ether oxygens (including phenoxy) is 1. The summed E-state index contributed by atoms with van der Waals surface area (Å²) in [7, 11) is 0. The number of benzene rings is 1. The monoisotopic (exact) mass is 477 g/mol. The minimum Gasteiger partial charge on any atom is -0.444 e. The van der Waals surface area contributed by atoms with Crippen molar-refractivity contribution >= 4 is 36.6 Å². The van der Waals surface area contributed by atoms with Gasteiger partial charge in [0, 0.05) is 17.3 Å². The van der Waals surface area contributed by atoms with Crippen LogP contribution in [-0.2, 0) is 14.3 Å². The zero-order valence-corrected chi connectivity index (χ0v) is 22.0. The van der Waals surface area contributed by atoms with Gasteiger partial charge in [-0.25, -0.2) is 4.79 Å². The maximum absolute atomic E-state index is 13.7. The van der Waals surface area contributed by atoms with Gasteiger partial charge in [0.2, 0.25) is 11.8 Å². The second kappa shape index (κ2) is 11.6. The molecule has 0 aliphatic heterocycles. The number of amides is 3. The summed E-state index contributed by atoms with van der Waals surface area (Å²) in [6.45, 7) is 18.3.